The predicted molar refractivity (Wildman–Crippen MR) is 61.0 cm³/mol. The minimum Gasteiger partial charge on any atom is -0.481 e. The van der Waals surface area contributed by atoms with Gasteiger partial charge >= 0.3 is 5.97 Å². The van der Waals surface area contributed by atoms with Gasteiger partial charge in [0.1, 0.15) is 0 Å². The normalized spacial score (nSPS) is 9.94. The summed E-state index contributed by atoms with van der Waals surface area (Å²) in [6.07, 6.45) is 4.51. The standard InChI is InChI=1S/C12H10N2O3/c1-17-11-3-2-8(6-14-11)10-7-13-5-4-9(10)12(15)16/h2-7H,1H3,(H,15,16). The highest BCUT2D eigenvalue weighted by Crippen LogP contribution is 2.23. The average Bonchev–Trinajstić information content (AvgIpc) is 2.39. The van der Waals surface area contributed by atoms with E-state index in [0.29, 0.717) is 17.0 Å². The lowest BCUT2D eigenvalue weighted by atomic mass is 10.0. The summed E-state index contributed by atoms with van der Waals surface area (Å²) in [6, 6.07) is 4.88. The SMILES string of the molecule is COc1ccc(-c2cnccc2C(=O)O)cn1. The molecule has 0 radical (unpaired) electrons. The van der Waals surface area contributed by atoms with Crippen LogP contribution in [-0.4, -0.2) is 28.2 Å². The number of methoxy groups -OCH3 is 1. The lowest BCUT2D eigenvalue weighted by molar-refractivity contribution is 0.0697. The topological polar surface area (TPSA) is 72.3 Å². The zero-order chi connectivity index (χ0) is 12.3. The first-order valence-corrected chi connectivity index (χ1v) is 4.90. The average molecular weight is 230 g/mol. The zero-order valence-corrected chi connectivity index (χ0v) is 9.12. The summed E-state index contributed by atoms with van der Waals surface area (Å²) in [4.78, 5) is 19.0. The molecule has 5 nitrogen and oxygen atoms in total. The molecule has 0 aliphatic carbocycles. The summed E-state index contributed by atoms with van der Waals surface area (Å²) >= 11 is 0. The first-order valence-electron chi connectivity index (χ1n) is 4.90. The number of aromatic nitrogens is 2. The molecule has 17 heavy (non-hydrogen) atoms. The number of aromatic carboxylic acids is 1. The van der Waals surface area contributed by atoms with Gasteiger partial charge in [0.25, 0.3) is 0 Å². The maximum atomic E-state index is 11.0. The van der Waals surface area contributed by atoms with Gasteiger partial charge in [0.05, 0.1) is 12.7 Å². The molecule has 86 valence electrons. The minimum absolute atomic E-state index is 0.201. The molecule has 0 atom stereocenters. The van der Waals surface area contributed by atoms with Gasteiger partial charge < -0.3 is 9.84 Å². The lowest BCUT2D eigenvalue weighted by Crippen LogP contribution is -2.00. The minimum atomic E-state index is -0.988. The van der Waals surface area contributed by atoms with E-state index < -0.39 is 5.97 Å². The molecule has 1 N–H and O–H groups in total. The smallest absolute Gasteiger partial charge is 0.336 e. The molecule has 0 saturated heterocycles. The van der Waals surface area contributed by atoms with E-state index in [2.05, 4.69) is 9.97 Å². The van der Waals surface area contributed by atoms with Crippen LogP contribution in [0.25, 0.3) is 11.1 Å². The van der Waals surface area contributed by atoms with Crippen LogP contribution in [0, 0.1) is 0 Å². The van der Waals surface area contributed by atoms with Crippen LogP contribution in [0.1, 0.15) is 10.4 Å². The van der Waals surface area contributed by atoms with Crippen molar-refractivity contribution < 1.29 is 14.6 Å². The first-order chi connectivity index (χ1) is 8.22. The molecule has 0 amide bonds. The number of carbonyl (C=O) groups is 1. The molecule has 0 fully saturated rings. The number of ether oxygens (including phenoxy) is 1. The Morgan fingerprint density at radius 2 is 2.12 bits per heavy atom. The zero-order valence-electron chi connectivity index (χ0n) is 9.12. The highest BCUT2D eigenvalue weighted by molar-refractivity contribution is 5.95. The van der Waals surface area contributed by atoms with Gasteiger partial charge in [0.15, 0.2) is 0 Å². The maximum Gasteiger partial charge on any atom is 0.336 e. The molecule has 5 heteroatoms. The van der Waals surface area contributed by atoms with E-state index in [0.717, 1.165) is 0 Å². The van der Waals surface area contributed by atoms with E-state index in [1.54, 1.807) is 18.3 Å². The Morgan fingerprint density at radius 1 is 1.29 bits per heavy atom. The number of pyridine rings is 2. The number of hydrogen-bond acceptors (Lipinski definition) is 4. The van der Waals surface area contributed by atoms with Crippen molar-refractivity contribution in [1.82, 2.24) is 9.97 Å². The fourth-order valence-corrected chi connectivity index (χ4v) is 1.47. The maximum absolute atomic E-state index is 11.0. The van der Waals surface area contributed by atoms with Gasteiger partial charge in [0, 0.05) is 35.8 Å². The predicted octanol–water partition coefficient (Wildman–Crippen LogP) is 1.85. The summed E-state index contributed by atoms with van der Waals surface area (Å²) in [5, 5.41) is 9.05. The molecule has 2 heterocycles. The molecule has 0 aliphatic heterocycles. The molecule has 2 aromatic rings. The van der Waals surface area contributed by atoms with Crippen LogP contribution in [0.4, 0.5) is 0 Å². The van der Waals surface area contributed by atoms with Gasteiger partial charge in [-0.3, -0.25) is 4.98 Å². The van der Waals surface area contributed by atoms with Crippen LogP contribution in [0.3, 0.4) is 0 Å². The van der Waals surface area contributed by atoms with Crippen LogP contribution >= 0.6 is 0 Å². The third kappa shape index (κ3) is 2.23. The fraction of sp³-hybridized carbons (Fsp3) is 0.0833. The number of nitrogens with zero attached hydrogens (tertiary/aromatic N) is 2. The van der Waals surface area contributed by atoms with Crippen molar-refractivity contribution in [1.29, 1.82) is 0 Å². The van der Waals surface area contributed by atoms with Crippen LogP contribution in [0.5, 0.6) is 5.88 Å². The van der Waals surface area contributed by atoms with Gasteiger partial charge in [0.2, 0.25) is 5.88 Å². The molecule has 0 bridgehead atoms. The Bertz CT molecular complexity index is 538. The highest BCUT2D eigenvalue weighted by Gasteiger charge is 2.11. The van der Waals surface area contributed by atoms with Crippen molar-refractivity contribution in [2.45, 2.75) is 0 Å². The summed E-state index contributed by atoms with van der Waals surface area (Å²) in [6.45, 7) is 0. The second-order valence-corrected chi connectivity index (χ2v) is 3.32. The molecule has 0 saturated carbocycles. The van der Waals surface area contributed by atoms with Crippen molar-refractivity contribution in [3.63, 3.8) is 0 Å². The van der Waals surface area contributed by atoms with E-state index in [9.17, 15) is 4.79 Å². The Kier molecular flexibility index (Phi) is 3.00. The Labute approximate surface area is 97.7 Å². The summed E-state index contributed by atoms with van der Waals surface area (Å²) in [5.41, 5.74) is 1.43. The molecule has 0 spiro atoms. The summed E-state index contributed by atoms with van der Waals surface area (Å²) in [5.74, 6) is -0.507. The van der Waals surface area contributed by atoms with Crippen LogP contribution in [0.15, 0.2) is 36.8 Å². The van der Waals surface area contributed by atoms with Gasteiger partial charge in [-0.15, -0.1) is 0 Å². The Hall–Kier alpha value is -2.43. The van der Waals surface area contributed by atoms with Gasteiger partial charge in [-0.25, -0.2) is 9.78 Å². The molecular formula is C12H10N2O3. The summed E-state index contributed by atoms with van der Waals surface area (Å²) < 4.78 is 4.94. The third-order valence-corrected chi connectivity index (χ3v) is 2.31. The molecule has 0 unspecified atom stereocenters. The molecule has 0 aromatic carbocycles. The number of hydrogen-bond donors (Lipinski definition) is 1. The van der Waals surface area contributed by atoms with Gasteiger partial charge in [-0.05, 0) is 12.1 Å². The number of carboxylic acid groups (broad SMARTS) is 1. The van der Waals surface area contributed by atoms with E-state index in [1.165, 1.54) is 25.6 Å². The molecule has 0 aliphatic rings. The second-order valence-electron chi connectivity index (χ2n) is 3.32. The van der Waals surface area contributed by atoms with Crippen molar-refractivity contribution in [2.24, 2.45) is 0 Å². The van der Waals surface area contributed by atoms with E-state index in [-0.39, 0.29) is 5.56 Å². The van der Waals surface area contributed by atoms with Crippen LogP contribution < -0.4 is 4.74 Å². The lowest BCUT2D eigenvalue weighted by Gasteiger charge is -2.05. The fourth-order valence-electron chi connectivity index (χ4n) is 1.47. The van der Waals surface area contributed by atoms with Crippen LogP contribution in [0.2, 0.25) is 0 Å². The Balaban J connectivity index is 2.48. The van der Waals surface area contributed by atoms with E-state index >= 15 is 0 Å². The van der Waals surface area contributed by atoms with Crippen molar-refractivity contribution >= 4 is 5.97 Å². The third-order valence-electron chi connectivity index (χ3n) is 2.31. The van der Waals surface area contributed by atoms with Crippen molar-refractivity contribution in [2.75, 3.05) is 7.11 Å². The molecule has 2 aromatic heterocycles. The van der Waals surface area contributed by atoms with Crippen LogP contribution in [-0.2, 0) is 0 Å². The Morgan fingerprint density at radius 3 is 2.71 bits per heavy atom. The molecule has 2 rings (SSSR count). The largest absolute Gasteiger partial charge is 0.481 e. The van der Waals surface area contributed by atoms with E-state index in [1.807, 2.05) is 0 Å². The number of rotatable bonds is 3. The highest BCUT2D eigenvalue weighted by atomic mass is 16.5. The quantitative estimate of drug-likeness (QED) is 0.871. The van der Waals surface area contributed by atoms with E-state index in [4.69, 9.17) is 9.84 Å². The summed E-state index contributed by atoms with van der Waals surface area (Å²) in [7, 11) is 1.52. The van der Waals surface area contributed by atoms with Crippen molar-refractivity contribution in [3.8, 4) is 17.0 Å². The van der Waals surface area contributed by atoms with Gasteiger partial charge in [-0.2, -0.15) is 0 Å². The number of carboxylic acids is 1. The first kappa shape index (κ1) is 11.1. The monoisotopic (exact) mass is 230 g/mol. The molecular weight excluding hydrogens is 220 g/mol. The second kappa shape index (κ2) is 4.61. The van der Waals surface area contributed by atoms with Gasteiger partial charge in [-0.1, -0.05) is 0 Å². The van der Waals surface area contributed by atoms with Crippen molar-refractivity contribution in [3.05, 3.63) is 42.4 Å².